The third kappa shape index (κ3) is 6.27. The molecule has 0 saturated heterocycles. The lowest BCUT2D eigenvalue weighted by Gasteiger charge is -2.13. The zero-order valence-corrected chi connectivity index (χ0v) is 19.7. The van der Waals surface area contributed by atoms with E-state index in [2.05, 4.69) is 27.6 Å². The van der Waals surface area contributed by atoms with E-state index in [1.54, 1.807) is 19.4 Å². The van der Waals surface area contributed by atoms with E-state index in [1.165, 1.54) is 11.8 Å². The number of furan rings is 1. The van der Waals surface area contributed by atoms with E-state index in [4.69, 9.17) is 13.9 Å². The van der Waals surface area contributed by atoms with Crippen molar-refractivity contribution < 1.29 is 18.7 Å². The highest BCUT2D eigenvalue weighted by molar-refractivity contribution is 7.99. The van der Waals surface area contributed by atoms with Crippen LogP contribution in [0.4, 0.5) is 0 Å². The van der Waals surface area contributed by atoms with Gasteiger partial charge in [-0.2, -0.15) is 0 Å². The maximum atomic E-state index is 12.2. The minimum Gasteiger partial charge on any atom is -0.485 e. The first-order chi connectivity index (χ1) is 16.7. The number of benzene rings is 2. The quantitative estimate of drug-likeness (QED) is 0.306. The van der Waals surface area contributed by atoms with Crippen LogP contribution in [0, 0.1) is 0 Å². The summed E-state index contributed by atoms with van der Waals surface area (Å²) in [4.78, 5) is 12.2. The molecule has 4 aromatic rings. The molecule has 8 nitrogen and oxygen atoms in total. The van der Waals surface area contributed by atoms with Crippen LogP contribution in [0.15, 0.2) is 82.6 Å². The Morgan fingerprint density at radius 3 is 2.68 bits per heavy atom. The Labute approximate surface area is 202 Å². The number of hydrogen-bond donors (Lipinski definition) is 1. The molecule has 0 saturated carbocycles. The predicted molar refractivity (Wildman–Crippen MR) is 129 cm³/mol. The maximum Gasteiger partial charge on any atom is 0.230 e. The third-order valence-electron chi connectivity index (χ3n) is 5.01. The fourth-order valence-corrected chi connectivity index (χ4v) is 4.12. The normalized spacial score (nSPS) is 10.9. The average Bonchev–Trinajstić information content (AvgIpc) is 3.54. The lowest BCUT2D eigenvalue weighted by atomic mass is 10.1. The molecular formula is C25H26N4O4S. The maximum absolute atomic E-state index is 12.2. The monoisotopic (exact) mass is 478 g/mol. The molecule has 176 valence electrons. The molecule has 4 rings (SSSR count). The van der Waals surface area contributed by atoms with Crippen molar-refractivity contribution in [2.75, 3.05) is 19.5 Å². The van der Waals surface area contributed by atoms with E-state index in [-0.39, 0.29) is 18.3 Å². The van der Waals surface area contributed by atoms with Crippen LogP contribution in [-0.2, 0) is 29.2 Å². The third-order valence-corrected chi connectivity index (χ3v) is 5.98. The molecule has 1 N–H and O–H groups in total. The van der Waals surface area contributed by atoms with Crippen LogP contribution >= 0.6 is 11.8 Å². The molecule has 0 fully saturated rings. The van der Waals surface area contributed by atoms with E-state index in [9.17, 15) is 4.79 Å². The summed E-state index contributed by atoms with van der Waals surface area (Å²) in [6.45, 7) is 1.64. The van der Waals surface area contributed by atoms with Crippen molar-refractivity contribution in [1.29, 1.82) is 0 Å². The molecule has 0 aliphatic rings. The summed E-state index contributed by atoms with van der Waals surface area (Å²) in [5, 5.41) is 12.1. The summed E-state index contributed by atoms with van der Waals surface area (Å²) in [5.41, 5.74) is 2.09. The second-order valence-corrected chi connectivity index (χ2v) is 8.28. The van der Waals surface area contributed by atoms with Crippen molar-refractivity contribution in [2.45, 2.75) is 24.9 Å². The van der Waals surface area contributed by atoms with Gasteiger partial charge in [-0.1, -0.05) is 60.3 Å². The number of carbonyl (C=O) groups excluding carboxylic acids is 1. The van der Waals surface area contributed by atoms with Gasteiger partial charge in [0.1, 0.15) is 18.1 Å². The first-order valence-corrected chi connectivity index (χ1v) is 11.8. The van der Waals surface area contributed by atoms with Gasteiger partial charge in [-0.3, -0.25) is 4.79 Å². The smallest absolute Gasteiger partial charge is 0.230 e. The molecule has 2 aromatic heterocycles. The average molecular weight is 479 g/mol. The Bertz CT molecular complexity index is 1180. The van der Waals surface area contributed by atoms with Crippen LogP contribution in [0.25, 0.3) is 11.1 Å². The van der Waals surface area contributed by atoms with Crippen molar-refractivity contribution in [3.63, 3.8) is 0 Å². The Kier molecular flexibility index (Phi) is 8.37. The number of hydrogen-bond acceptors (Lipinski definition) is 7. The van der Waals surface area contributed by atoms with Gasteiger partial charge in [0.25, 0.3) is 0 Å². The van der Waals surface area contributed by atoms with Gasteiger partial charge in [0.15, 0.2) is 11.0 Å². The number of nitrogens with zero attached hydrogens (tertiary/aromatic N) is 3. The topological polar surface area (TPSA) is 91.4 Å². The minimum atomic E-state index is -0.114. The molecular weight excluding hydrogens is 452 g/mol. The molecule has 0 spiro atoms. The first kappa shape index (κ1) is 23.6. The van der Waals surface area contributed by atoms with E-state index < -0.39 is 0 Å². The fraction of sp³-hybridized carbons (Fsp3) is 0.240. The van der Waals surface area contributed by atoms with Gasteiger partial charge in [-0.05, 0) is 23.8 Å². The molecule has 2 heterocycles. The van der Waals surface area contributed by atoms with Crippen molar-refractivity contribution in [2.24, 2.45) is 0 Å². The number of thioether (sulfide) groups is 1. The zero-order valence-electron chi connectivity index (χ0n) is 18.8. The Morgan fingerprint density at radius 1 is 1.06 bits per heavy atom. The van der Waals surface area contributed by atoms with Gasteiger partial charge in [-0.25, -0.2) is 0 Å². The SMILES string of the molecule is COCCn1c(COc2ccccc2-c2ccccc2)nnc1SCC(=O)NCc1ccco1. The van der Waals surface area contributed by atoms with Crippen LogP contribution in [0.5, 0.6) is 5.75 Å². The summed E-state index contributed by atoms with van der Waals surface area (Å²) in [6, 6.07) is 21.6. The zero-order chi connectivity index (χ0) is 23.6. The first-order valence-electron chi connectivity index (χ1n) is 10.8. The molecule has 0 atom stereocenters. The minimum absolute atomic E-state index is 0.114. The lowest BCUT2D eigenvalue weighted by molar-refractivity contribution is -0.118. The highest BCUT2D eigenvalue weighted by Gasteiger charge is 2.16. The number of rotatable bonds is 12. The molecule has 0 aliphatic heterocycles. The summed E-state index contributed by atoms with van der Waals surface area (Å²) >= 11 is 1.32. The van der Waals surface area contributed by atoms with Crippen LogP contribution in [-0.4, -0.2) is 40.1 Å². The van der Waals surface area contributed by atoms with Crippen LogP contribution in [0.3, 0.4) is 0 Å². The van der Waals surface area contributed by atoms with Crippen molar-refractivity contribution in [3.05, 3.63) is 84.6 Å². The van der Waals surface area contributed by atoms with Crippen LogP contribution in [0.1, 0.15) is 11.6 Å². The fourth-order valence-electron chi connectivity index (χ4n) is 3.31. The van der Waals surface area contributed by atoms with E-state index in [1.807, 2.05) is 53.1 Å². The van der Waals surface area contributed by atoms with Gasteiger partial charge < -0.3 is 23.8 Å². The lowest BCUT2D eigenvalue weighted by Crippen LogP contribution is -2.24. The van der Waals surface area contributed by atoms with E-state index in [0.29, 0.717) is 36.4 Å². The molecule has 9 heteroatoms. The molecule has 2 aromatic carbocycles. The number of carbonyl (C=O) groups is 1. The highest BCUT2D eigenvalue weighted by atomic mass is 32.2. The van der Waals surface area contributed by atoms with Crippen molar-refractivity contribution in [3.8, 4) is 16.9 Å². The molecule has 0 bridgehead atoms. The number of para-hydroxylation sites is 1. The Balaban J connectivity index is 1.41. The van der Waals surface area contributed by atoms with E-state index >= 15 is 0 Å². The summed E-state index contributed by atoms with van der Waals surface area (Å²) < 4.78 is 18.6. The molecule has 0 aliphatic carbocycles. The van der Waals surface area contributed by atoms with Gasteiger partial charge in [-0.15, -0.1) is 10.2 Å². The molecule has 34 heavy (non-hydrogen) atoms. The van der Waals surface area contributed by atoms with Gasteiger partial charge in [0, 0.05) is 19.2 Å². The highest BCUT2D eigenvalue weighted by Crippen LogP contribution is 2.30. The molecule has 0 radical (unpaired) electrons. The molecule has 0 unspecified atom stereocenters. The second-order valence-electron chi connectivity index (χ2n) is 7.34. The summed E-state index contributed by atoms with van der Waals surface area (Å²) in [5.74, 6) is 2.23. The standard InChI is InChI=1S/C25H26N4O4S/c1-31-15-13-29-23(17-33-22-12-6-5-11-21(22)19-8-3-2-4-9-19)27-28-25(29)34-18-24(30)26-16-20-10-7-14-32-20/h2-12,14H,13,15-18H2,1H3,(H,26,30). The summed E-state index contributed by atoms with van der Waals surface area (Å²) in [6.07, 6.45) is 1.58. The van der Waals surface area contributed by atoms with E-state index in [0.717, 1.165) is 16.9 Å². The number of methoxy groups -OCH3 is 1. The second kappa shape index (κ2) is 12.1. The summed E-state index contributed by atoms with van der Waals surface area (Å²) in [7, 11) is 1.64. The van der Waals surface area contributed by atoms with Gasteiger partial charge >= 0.3 is 0 Å². The predicted octanol–water partition coefficient (Wildman–Crippen LogP) is 4.17. The van der Waals surface area contributed by atoms with Crippen LogP contribution in [0.2, 0.25) is 0 Å². The number of aromatic nitrogens is 3. The van der Waals surface area contributed by atoms with Gasteiger partial charge in [0.05, 0.1) is 25.2 Å². The number of ether oxygens (including phenoxy) is 2. The van der Waals surface area contributed by atoms with Gasteiger partial charge in [0.2, 0.25) is 5.91 Å². The largest absolute Gasteiger partial charge is 0.485 e. The van der Waals surface area contributed by atoms with Crippen LogP contribution < -0.4 is 10.1 Å². The Hall–Kier alpha value is -3.56. The Morgan fingerprint density at radius 2 is 1.88 bits per heavy atom. The number of nitrogens with one attached hydrogen (secondary N) is 1. The van der Waals surface area contributed by atoms with Crippen molar-refractivity contribution in [1.82, 2.24) is 20.1 Å². The number of amides is 1. The molecule has 1 amide bonds. The van der Waals surface area contributed by atoms with Crippen molar-refractivity contribution >= 4 is 17.7 Å².